The van der Waals surface area contributed by atoms with Crippen LogP contribution in [0.2, 0.25) is 0 Å². The molecule has 0 aromatic heterocycles. The van der Waals surface area contributed by atoms with Crippen molar-refractivity contribution in [2.24, 2.45) is 0 Å². The van der Waals surface area contributed by atoms with Crippen molar-refractivity contribution in [3.63, 3.8) is 0 Å². The van der Waals surface area contributed by atoms with Crippen LogP contribution in [0.25, 0.3) is 0 Å². The molecular weight excluding hydrogens is 384 g/mol. The first-order valence-corrected chi connectivity index (χ1v) is 8.57. The van der Waals surface area contributed by atoms with Crippen LogP contribution in [0.3, 0.4) is 0 Å². The van der Waals surface area contributed by atoms with Gasteiger partial charge >= 0.3 is 0 Å². The molecular formula is C11H14Br2N2O2S. The van der Waals surface area contributed by atoms with E-state index >= 15 is 0 Å². The van der Waals surface area contributed by atoms with E-state index in [0.717, 1.165) is 17.6 Å². The zero-order chi connectivity index (χ0) is 13.3. The smallest absolute Gasteiger partial charge is 0.244 e. The molecule has 0 saturated carbocycles. The lowest BCUT2D eigenvalue weighted by atomic mass is 10.4. The largest absolute Gasteiger partial charge is 0.304 e. The zero-order valence-corrected chi connectivity index (χ0v) is 13.9. The number of likely N-dealkylation sites (N-methyl/N-ethyl adjacent to an activating group) is 1. The van der Waals surface area contributed by atoms with Gasteiger partial charge in [0, 0.05) is 35.1 Å². The highest BCUT2D eigenvalue weighted by Gasteiger charge is 2.28. The fourth-order valence-electron chi connectivity index (χ4n) is 1.85. The van der Waals surface area contributed by atoms with Crippen LogP contribution in [0, 0.1) is 0 Å². The fraction of sp³-hybridized carbons (Fsp3) is 0.455. The molecule has 1 aromatic carbocycles. The number of hydrogen-bond donors (Lipinski definition) is 0. The van der Waals surface area contributed by atoms with Crippen molar-refractivity contribution >= 4 is 41.9 Å². The first-order valence-electron chi connectivity index (χ1n) is 5.55. The van der Waals surface area contributed by atoms with Crippen LogP contribution < -0.4 is 0 Å². The topological polar surface area (TPSA) is 40.6 Å². The molecule has 7 heteroatoms. The molecule has 1 fully saturated rings. The number of hydrogen-bond acceptors (Lipinski definition) is 3. The summed E-state index contributed by atoms with van der Waals surface area (Å²) in [4.78, 5) is 2.46. The molecule has 0 N–H and O–H groups in total. The Kier molecular flexibility index (Phi) is 4.48. The van der Waals surface area contributed by atoms with Crippen LogP contribution in [0.1, 0.15) is 0 Å². The summed E-state index contributed by atoms with van der Waals surface area (Å²) in [6, 6.07) is 5.12. The molecule has 1 saturated heterocycles. The van der Waals surface area contributed by atoms with Gasteiger partial charge in [0.2, 0.25) is 10.0 Å². The minimum absolute atomic E-state index is 0.329. The average Bonchev–Trinajstić information content (AvgIpc) is 2.29. The third kappa shape index (κ3) is 2.96. The fourth-order valence-corrected chi connectivity index (χ4v) is 4.98. The molecule has 100 valence electrons. The van der Waals surface area contributed by atoms with E-state index in [0.29, 0.717) is 22.5 Å². The van der Waals surface area contributed by atoms with E-state index in [1.165, 1.54) is 0 Å². The van der Waals surface area contributed by atoms with Gasteiger partial charge in [-0.25, -0.2) is 8.42 Å². The highest BCUT2D eigenvalue weighted by atomic mass is 79.9. The summed E-state index contributed by atoms with van der Waals surface area (Å²) in [7, 11) is -1.39. The summed E-state index contributed by atoms with van der Waals surface area (Å²) in [6.07, 6.45) is 0. The Labute approximate surface area is 124 Å². The number of piperazine rings is 1. The molecule has 0 unspecified atom stereocenters. The van der Waals surface area contributed by atoms with E-state index in [2.05, 4.69) is 36.8 Å². The molecule has 18 heavy (non-hydrogen) atoms. The number of sulfonamides is 1. The maximum Gasteiger partial charge on any atom is 0.244 e. The first-order chi connectivity index (χ1) is 8.41. The number of halogens is 2. The number of rotatable bonds is 2. The quantitative estimate of drug-likeness (QED) is 0.767. The predicted molar refractivity (Wildman–Crippen MR) is 78.1 cm³/mol. The molecule has 4 nitrogen and oxygen atoms in total. The standard InChI is InChI=1S/C11H14Br2N2O2S/c1-14-4-6-15(7-5-14)18(16,17)11-3-2-9(12)8-10(11)13/h2-3,8H,4-7H2,1H3. The molecule has 1 aliphatic heterocycles. The van der Waals surface area contributed by atoms with Crippen molar-refractivity contribution in [2.75, 3.05) is 33.2 Å². The summed E-state index contributed by atoms with van der Waals surface area (Å²) >= 11 is 6.64. The maximum absolute atomic E-state index is 12.5. The van der Waals surface area contributed by atoms with Crippen LogP contribution in [-0.2, 0) is 10.0 Å². The monoisotopic (exact) mass is 396 g/mol. The van der Waals surface area contributed by atoms with Gasteiger partial charge in [-0.3, -0.25) is 0 Å². The number of nitrogens with zero attached hydrogens (tertiary/aromatic N) is 2. The highest BCUT2D eigenvalue weighted by molar-refractivity contribution is 9.11. The SMILES string of the molecule is CN1CCN(S(=O)(=O)c2ccc(Br)cc2Br)CC1. The third-order valence-corrected chi connectivity index (χ3v) is 6.34. The summed E-state index contributed by atoms with van der Waals surface area (Å²) in [6.45, 7) is 2.63. The van der Waals surface area contributed by atoms with E-state index in [9.17, 15) is 8.42 Å². The summed E-state index contributed by atoms with van der Waals surface area (Å²) in [5.74, 6) is 0. The van der Waals surface area contributed by atoms with Crippen molar-refractivity contribution < 1.29 is 8.42 Å². The molecule has 1 heterocycles. The van der Waals surface area contributed by atoms with Gasteiger partial charge in [-0.15, -0.1) is 0 Å². The van der Waals surface area contributed by atoms with Gasteiger partial charge in [0.05, 0.1) is 4.90 Å². The minimum Gasteiger partial charge on any atom is -0.304 e. The van der Waals surface area contributed by atoms with Crippen LogP contribution in [-0.4, -0.2) is 50.8 Å². The molecule has 1 aromatic rings. The lowest BCUT2D eigenvalue weighted by Gasteiger charge is -2.31. The molecule has 0 atom stereocenters. The van der Waals surface area contributed by atoms with Gasteiger partial charge in [0.25, 0.3) is 0 Å². The zero-order valence-electron chi connectivity index (χ0n) is 9.94. The predicted octanol–water partition coefficient (Wildman–Crippen LogP) is 2.15. The van der Waals surface area contributed by atoms with Crippen LogP contribution in [0.5, 0.6) is 0 Å². The molecule has 0 aliphatic carbocycles. The Morgan fingerprint density at radius 3 is 2.28 bits per heavy atom. The van der Waals surface area contributed by atoms with E-state index in [1.807, 2.05) is 7.05 Å². The Morgan fingerprint density at radius 2 is 1.72 bits per heavy atom. The number of benzene rings is 1. The maximum atomic E-state index is 12.5. The van der Waals surface area contributed by atoms with E-state index in [-0.39, 0.29) is 0 Å². The lowest BCUT2D eigenvalue weighted by molar-refractivity contribution is 0.222. The molecule has 2 rings (SSSR count). The van der Waals surface area contributed by atoms with Crippen LogP contribution in [0.4, 0.5) is 0 Å². The Hall–Kier alpha value is 0.0500. The van der Waals surface area contributed by atoms with Crippen molar-refractivity contribution in [1.82, 2.24) is 9.21 Å². The van der Waals surface area contributed by atoms with Gasteiger partial charge in [-0.2, -0.15) is 4.31 Å². The minimum atomic E-state index is -3.39. The summed E-state index contributed by atoms with van der Waals surface area (Å²) in [5, 5.41) is 0. The first kappa shape index (κ1) is 14.5. The van der Waals surface area contributed by atoms with E-state index in [1.54, 1.807) is 22.5 Å². The van der Waals surface area contributed by atoms with Crippen molar-refractivity contribution in [3.8, 4) is 0 Å². The van der Waals surface area contributed by atoms with E-state index < -0.39 is 10.0 Å². The lowest BCUT2D eigenvalue weighted by Crippen LogP contribution is -2.47. The summed E-state index contributed by atoms with van der Waals surface area (Å²) in [5.41, 5.74) is 0. The van der Waals surface area contributed by atoms with E-state index in [4.69, 9.17) is 0 Å². The molecule has 1 aliphatic rings. The Morgan fingerprint density at radius 1 is 1.11 bits per heavy atom. The normalized spacial score (nSPS) is 19.1. The van der Waals surface area contributed by atoms with Crippen LogP contribution in [0.15, 0.2) is 32.0 Å². The Bertz CT molecular complexity index is 540. The van der Waals surface area contributed by atoms with Gasteiger partial charge in [-0.05, 0) is 41.2 Å². The van der Waals surface area contributed by atoms with Crippen molar-refractivity contribution in [3.05, 3.63) is 27.1 Å². The highest BCUT2D eigenvalue weighted by Crippen LogP contribution is 2.28. The second kappa shape index (κ2) is 5.58. The van der Waals surface area contributed by atoms with Gasteiger partial charge in [-0.1, -0.05) is 15.9 Å². The third-order valence-electron chi connectivity index (χ3n) is 2.97. The summed E-state index contributed by atoms with van der Waals surface area (Å²) < 4.78 is 28.0. The Balaban J connectivity index is 2.30. The van der Waals surface area contributed by atoms with Gasteiger partial charge < -0.3 is 4.90 Å². The molecule has 0 radical (unpaired) electrons. The van der Waals surface area contributed by atoms with Gasteiger partial charge in [0.1, 0.15) is 0 Å². The van der Waals surface area contributed by atoms with Gasteiger partial charge in [0.15, 0.2) is 0 Å². The molecule has 0 bridgehead atoms. The average molecular weight is 398 g/mol. The van der Waals surface area contributed by atoms with Crippen molar-refractivity contribution in [1.29, 1.82) is 0 Å². The second-order valence-electron chi connectivity index (χ2n) is 4.28. The second-order valence-corrected chi connectivity index (χ2v) is 7.96. The molecule has 0 amide bonds. The molecule has 0 spiro atoms. The van der Waals surface area contributed by atoms with Crippen LogP contribution >= 0.6 is 31.9 Å². The van der Waals surface area contributed by atoms with Crippen molar-refractivity contribution in [2.45, 2.75) is 4.90 Å².